The molecule has 0 spiro atoms. The van der Waals surface area contributed by atoms with Gasteiger partial charge in [0.15, 0.2) is 11.5 Å². The minimum Gasteiger partial charge on any atom is -0.351 e. The van der Waals surface area contributed by atoms with Crippen LogP contribution in [0.15, 0.2) is 12.1 Å². The fourth-order valence-corrected chi connectivity index (χ4v) is 2.52. The number of hydrogen-bond donors (Lipinski definition) is 1. The first-order valence-corrected chi connectivity index (χ1v) is 7.29. The number of rotatable bonds is 4. The van der Waals surface area contributed by atoms with Gasteiger partial charge in [0.1, 0.15) is 0 Å². The fraction of sp³-hybridized carbons (Fsp3) is 0.714. The molecular formula is C14H21F3N4. The largest absolute Gasteiger partial charge is 0.435 e. The van der Waals surface area contributed by atoms with E-state index in [-0.39, 0.29) is 6.04 Å². The van der Waals surface area contributed by atoms with Crippen molar-refractivity contribution in [3.05, 3.63) is 17.8 Å². The van der Waals surface area contributed by atoms with Gasteiger partial charge in [-0.1, -0.05) is 13.8 Å². The van der Waals surface area contributed by atoms with E-state index >= 15 is 0 Å². The van der Waals surface area contributed by atoms with Crippen LogP contribution in [0.1, 0.15) is 38.8 Å². The highest BCUT2D eigenvalue weighted by molar-refractivity contribution is 5.39. The molecule has 1 unspecified atom stereocenters. The minimum atomic E-state index is -4.44. The van der Waals surface area contributed by atoms with Gasteiger partial charge in [-0.15, -0.1) is 10.2 Å². The molecule has 0 radical (unpaired) electrons. The highest BCUT2D eigenvalue weighted by Crippen LogP contribution is 2.28. The summed E-state index contributed by atoms with van der Waals surface area (Å²) in [4.78, 5) is 2.06. The van der Waals surface area contributed by atoms with E-state index in [4.69, 9.17) is 0 Å². The van der Waals surface area contributed by atoms with E-state index in [1.807, 2.05) is 0 Å². The SMILES string of the molecule is CC(C)NCC1CCCCN1c1ccc(C(F)(F)F)nn1. The number of aromatic nitrogens is 2. The van der Waals surface area contributed by atoms with Gasteiger partial charge in [0, 0.05) is 25.2 Å². The highest BCUT2D eigenvalue weighted by Gasteiger charge is 2.33. The van der Waals surface area contributed by atoms with Crippen molar-refractivity contribution in [3.63, 3.8) is 0 Å². The molecule has 21 heavy (non-hydrogen) atoms. The smallest absolute Gasteiger partial charge is 0.351 e. The molecule has 0 aliphatic carbocycles. The standard InChI is InChI=1S/C14H21F3N4/c1-10(2)18-9-11-5-3-4-8-21(11)13-7-6-12(19-20-13)14(15,16)17/h6-7,10-11,18H,3-5,8-9H2,1-2H3. The topological polar surface area (TPSA) is 41.0 Å². The predicted octanol–water partition coefficient (Wildman–Crippen LogP) is 2.85. The predicted molar refractivity (Wildman–Crippen MR) is 75.2 cm³/mol. The van der Waals surface area contributed by atoms with Crippen molar-refractivity contribution in [2.75, 3.05) is 18.0 Å². The van der Waals surface area contributed by atoms with Gasteiger partial charge in [0.05, 0.1) is 0 Å². The van der Waals surface area contributed by atoms with Crippen molar-refractivity contribution in [1.82, 2.24) is 15.5 Å². The Bertz CT molecular complexity index is 445. The van der Waals surface area contributed by atoms with Crippen molar-refractivity contribution in [2.24, 2.45) is 0 Å². The van der Waals surface area contributed by atoms with Crippen LogP contribution < -0.4 is 10.2 Å². The Hall–Kier alpha value is -1.37. The molecule has 1 aromatic heterocycles. The number of alkyl halides is 3. The molecule has 2 rings (SSSR count). The van der Waals surface area contributed by atoms with Gasteiger partial charge in [0.2, 0.25) is 0 Å². The zero-order chi connectivity index (χ0) is 15.5. The lowest BCUT2D eigenvalue weighted by Crippen LogP contribution is -2.47. The highest BCUT2D eigenvalue weighted by atomic mass is 19.4. The summed E-state index contributed by atoms with van der Waals surface area (Å²) in [5, 5.41) is 10.5. The van der Waals surface area contributed by atoms with E-state index in [2.05, 4.69) is 34.3 Å². The molecule has 1 aliphatic heterocycles. The molecule has 1 aliphatic rings. The second kappa shape index (κ2) is 6.60. The van der Waals surface area contributed by atoms with Crippen LogP contribution in [0.3, 0.4) is 0 Å². The van der Waals surface area contributed by atoms with Crippen LogP contribution in [0.2, 0.25) is 0 Å². The Morgan fingerprint density at radius 1 is 1.29 bits per heavy atom. The summed E-state index contributed by atoms with van der Waals surface area (Å²) in [6.45, 7) is 5.76. The number of nitrogens with one attached hydrogen (secondary N) is 1. The second-order valence-electron chi connectivity index (χ2n) is 5.68. The molecule has 0 bridgehead atoms. The van der Waals surface area contributed by atoms with E-state index in [1.54, 1.807) is 0 Å². The van der Waals surface area contributed by atoms with Crippen molar-refractivity contribution in [1.29, 1.82) is 0 Å². The molecular weight excluding hydrogens is 281 g/mol. The Morgan fingerprint density at radius 2 is 2.05 bits per heavy atom. The molecule has 1 N–H and O–H groups in total. The van der Waals surface area contributed by atoms with Crippen molar-refractivity contribution < 1.29 is 13.2 Å². The van der Waals surface area contributed by atoms with Crippen molar-refractivity contribution >= 4 is 5.82 Å². The lowest BCUT2D eigenvalue weighted by atomic mass is 10.0. The Labute approximate surface area is 122 Å². The Kier molecular flexibility index (Phi) is 5.03. The molecule has 1 atom stereocenters. The summed E-state index contributed by atoms with van der Waals surface area (Å²) in [7, 11) is 0. The van der Waals surface area contributed by atoms with Crippen molar-refractivity contribution in [3.8, 4) is 0 Å². The lowest BCUT2D eigenvalue weighted by molar-refractivity contribution is -0.141. The van der Waals surface area contributed by atoms with Gasteiger partial charge in [-0.3, -0.25) is 0 Å². The first kappa shape index (κ1) is 16.0. The number of halogens is 3. The van der Waals surface area contributed by atoms with Crippen LogP contribution in [0.25, 0.3) is 0 Å². The molecule has 0 amide bonds. The summed E-state index contributed by atoms with van der Waals surface area (Å²) in [6.07, 6.45) is -1.26. The quantitative estimate of drug-likeness (QED) is 0.928. The Balaban J connectivity index is 2.10. The molecule has 4 nitrogen and oxygen atoms in total. The molecule has 118 valence electrons. The lowest BCUT2D eigenvalue weighted by Gasteiger charge is -2.37. The van der Waals surface area contributed by atoms with Gasteiger partial charge in [-0.2, -0.15) is 13.2 Å². The molecule has 7 heteroatoms. The molecule has 1 aromatic rings. The first-order valence-electron chi connectivity index (χ1n) is 7.29. The van der Waals surface area contributed by atoms with Gasteiger partial charge in [0.25, 0.3) is 0 Å². The monoisotopic (exact) mass is 302 g/mol. The van der Waals surface area contributed by atoms with E-state index in [9.17, 15) is 13.2 Å². The molecule has 0 aromatic carbocycles. The van der Waals surface area contributed by atoms with Gasteiger partial charge < -0.3 is 10.2 Å². The maximum Gasteiger partial charge on any atom is 0.435 e. The average molecular weight is 302 g/mol. The van der Waals surface area contributed by atoms with Gasteiger partial charge in [-0.05, 0) is 31.4 Å². The summed E-state index contributed by atoms with van der Waals surface area (Å²) in [6, 6.07) is 3.06. The minimum absolute atomic E-state index is 0.257. The first-order chi connectivity index (χ1) is 9.88. The normalized spacial score (nSPS) is 20.1. The molecule has 1 fully saturated rings. The van der Waals surface area contributed by atoms with Gasteiger partial charge in [-0.25, -0.2) is 0 Å². The molecule has 1 saturated heterocycles. The van der Waals surface area contributed by atoms with Crippen molar-refractivity contribution in [2.45, 2.75) is 51.4 Å². The summed E-state index contributed by atoms with van der Waals surface area (Å²) >= 11 is 0. The van der Waals surface area contributed by atoms with Crippen LogP contribution in [0.5, 0.6) is 0 Å². The third kappa shape index (κ3) is 4.30. The summed E-state index contributed by atoms with van der Waals surface area (Å²) in [5.74, 6) is 0.526. The summed E-state index contributed by atoms with van der Waals surface area (Å²) < 4.78 is 37.6. The van der Waals surface area contributed by atoms with Crippen LogP contribution in [0.4, 0.5) is 19.0 Å². The third-order valence-corrected chi connectivity index (χ3v) is 3.62. The number of piperidine rings is 1. The molecule has 2 heterocycles. The second-order valence-corrected chi connectivity index (χ2v) is 5.68. The van der Waals surface area contributed by atoms with Crippen LogP contribution >= 0.6 is 0 Å². The Morgan fingerprint density at radius 3 is 2.62 bits per heavy atom. The number of hydrogen-bond acceptors (Lipinski definition) is 4. The number of nitrogens with zero attached hydrogens (tertiary/aromatic N) is 3. The fourth-order valence-electron chi connectivity index (χ4n) is 2.52. The van der Waals surface area contributed by atoms with Gasteiger partial charge >= 0.3 is 6.18 Å². The maximum atomic E-state index is 12.5. The zero-order valence-electron chi connectivity index (χ0n) is 12.3. The van der Waals surface area contributed by atoms with E-state index in [0.717, 1.165) is 38.4 Å². The number of anilines is 1. The van der Waals surface area contributed by atoms with Crippen LogP contribution in [0, 0.1) is 0 Å². The average Bonchev–Trinajstić information content (AvgIpc) is 2.44. The van der Waals surface area contributed by atoms with Crippen LogP contribution in [-0.4, -0.2) is 35.4 Å². The zero-order valence-corrected chi connectivity index (χ0v) is 12.3. The summed E-state index contributed by atoms with van der Waals surface area (Å²) in [5.41, 5.74) is -0.944. The third-order valence-electron chi connectivity index (χ3n) is 3.62. The molecule has 0 saturated carbocycles. The van der Waals surface area contributed by atoms with E-state index in [0.29, 0.717) is 11.9 Å². The van der Waals surface area contributed by atoms with E-state index in [1.165, 1.54) is 6.07 Å². The maximum absolute atomic E-state index is 12.5. The van der Waals surface area contributed by atoms with Crippen LogP contribution in [-0.2, 0) is 6.18 Å². The van der Waals surface area contributed by atoms with E-state index < -0.39 is 11.9 Å².